The lowest BCUT2D eigenvalue weighted by atomic mass is 10.1. The third-order valence-electron chi connectivity index (χ3n) is 4.04. The molecule has 0 heterocycles. The van der Waals surface area contributed by atoms with Crippen LogP contribution in [-0.4, -0.2) is 37.7 Å². The number of carbonyl (C=O) groups is 2. The van der Waals surface area contributed by atoms with E-state index in [1.807, 2.05) is 13.8 Å². The zero-order valence-corrected chi connectivity index (χ0v) is 15.0. The highest BCUT2D eigenvalue weighted by molar-refractivity contribution is 5.81. The van der Waals surface area contributed by atoms with Gasteiger partial charge in [0, 0.05) is 6.04 Å². The van der Waals surface area contributed by atoms with Gasteiger partial charge in [0.15, 0.2) is 18.1 Å². The van der Waals surface area contributed by atoms with E-state index in [0.29, 0.717) is 24.7 Å². The largest absolute Gasteiger partial charge is 0.490 e. The Morgan fingerprint density at radius 3 is 2.44 bits per heavy atom. The quantitative estimate of drug-likeness (QED) is 0.694. The van der Waals surface area contributed by atoms with E-state index in [4.69, 9.17) is 14.2 Å². The number of hydrogen-bond acceptors (Lipinski definition) is 5. The zero-order chi connectivity index (χ0) is 18.1. The minimum Gasteiger partial charge on any atom is -0.490 e. The van der Waals surface area contributed by atoms with Crippen LogP contribution in [0.2, 0.25) is 0 Å². The fourth-order valence-corrected chi connectivity index (χ4v) is 2.91. The minimum absolute atomic E-state index is 0.0865. The maximum Gasteiger partial charge on any atom is 0.310 e. The summed E-state index contributed by atoms with van der Waals surface area (Å²) in [5.74, 6) is 0.584. The summed E-state index contributed by atoms with van der Waals surface area (Å²) in [6.07, 6.45) is 4.39. The molecule has 6 nitrogen and oxygen atoms in total. The van der Waals surface area contributed by atoms with Crippen molar-refractivity contribution in [3.8, 4) is 11.5 Å². The molecule has 1 aromatic rings. The van der Waals surface area contributed by atoms with Gasteiger partial charge in [0.25, 0.3) is 5.91 Å². The molecule has 0 bridgehead atoms. The fraction of sp³-hybridized carbons (Fsp3) is 0.579. The molecule has 1 aromatic carbocycles. The Bertz CT molecular complexity index is 581. The highest BCUT2D eigenvalue weighted by Crippen LogP contribution is 2.28. The van der Waals surface area contributed by atoms with Crippen LogP contribution in [-0.2, 0) is 20.7 Å². The molecule has 0 aliphatic heterocycles. The predicted molar refractivity (Wildman–Crippen MR) is 93.8 cm³/mol. The van der Waals surface area contributed by atoms with Crippen molar-refractivity contribution in [3.63, 3.8) is 0 Å². The van der Waals surface area contributed by atoms with Crippen molar-refractivity contribution in [1.29, 1.82) is 0 Å². The molecule has 138 valence electrons. The Kier molecular flexibility index (Phi) is 7.57. The van der Waals surface area contributed by atoms with Gasteiger partial charge in [-0.1, -0.05) is 18.9 Å². The summed E-state index contributed by atoms with van der Waals surface area (Å²) in [7, 11) is 0. The molecule has 25 heavy (non-hydrogen) atoms. The van der Waals surface area contributed by atoms with E-state index in [9.17, 15) is 9.59 Å². The summed E-state index contributed by atoms with van der Waals surface area (Å²) in [6, 6.07) is 5.58. The predicted octanol–water partition coefficient (Wildman–Crippen LogP) is 2.63. The van der Waals surface area contributed by atoms with Crippen LogP contribution in [0.15, 0.2) is 18.2 Å². The second-order valence-corrected chi connectivity index (χ2v) is 6.03. The third-order valence-corrected chi connectivity index (χ3v) is 4.04. The number of rotatable bonds is 9. The van der Waals surface area contributed by atoms with Gasteiger partial charge < -0.3 is 19.5 Å². The topological polar surface area (TPSA) is 73.9 Å². The lowest BCUT2D eigenvalue weighted by molar-refractivity contribution is -0.148. The second-order valence-electron chi connectivity index (χ2n) is 6.03. The lowest BCUT2D eigenvalue weighted by Crippen LogP contribution is -2.36. The van der Waals surface area contributed by atoms with Gasteiger partial charge in [-0.15, -0.1) is 0 Å². The summed E-state index contributed by atoms with van der Waals surface area (Å²) >= 11 is 0. The number of esters is 1. The number of ether oxygens (including phenoxy) is 3. The van der Waals surface area contributed by atoms with Crippen LogP contribution < -0.4 is 14.8 Å². The Balaban J connectivity index is 1.82. The van der Waals surface area contributed by atoms with E-state index in [0.717, 1.165) is 31.2 Å². The average Bonchev–Trinajstić information content (AvgIpc) is 3.09. The molecule has 1 N–H and O–H groups in total. The molecule has 1 aliphatic carbocycles. The number of hydrogen-bond donors (Lipinski definition) is 1. The first-order valence-electron chi connectivity index (χ1n) is 8.95. The third kappa shape index (κ3) is 6.29. The molecule has 0 aromatic heterocycles. The first-order chi connectivity index (χ1) is 12.1. The van der Waals surface area contributed by atoms with E-state index in [-0.39, 0.29) is 25.0 Å². The van der Waals surface area contributed by atoms with Crippen molar-refractivity contribution in [2.45, 2.75) is 52.0 Å². The molecule has 0 spiro atoms. The van der Waals surface area contributed by atoms with Gasteiger partial charge in [0.2, 0.25) is 0 Å². The molecule has 0 radical (unpaired) electrons. The van der Waals surface area contributed by atoms with Crippen molar-refractivity contribution >= 4 is 11.9 Å². The fourth-order valence-electron chi connectivity index (χ4n) is 2.91. The Labute approximate surface area is 148 Å². The smallest absolute Gasteiger partial charge is 0.310 e. The first-order valence-corrected chi connectivity index (χ1v) is 8.95. The summed E-state index contributed by atoms with van der Waals surface area (Å²) in [5, 5.41) is 2.89. The van der Waals surface area contributed by atoms with Crippen LogP contribution in [0, 0.1) is 0 Å². The van der Waals surface area contributed by atoms with Gasteiger partial charge in [-0.25, -0.2) is 0 Å². The monoisotopic (exact) mass is 349 g/mol. The molecular formula is C19H27NO5. The highest BCUT2D eigenvalue weighted by Gasteiger charge is 2.18. The van der Waals surface area contributed by atoms with Crippen molar-refractivity contribution in [3.05, 3.63) is 23.8 Å². The maximum atomic E-state index is 12.0. The first kappa shape index (κ1) is 19.1. The average molecular weight is 349 g/mol. The van der Waals surface area contributed by atoms with Crippen LogP contribution in [0.5, 0.6) is 11.5 Å². The van der Waals surface area contributed by atoms with Gasteiger partial charge in [-0.2, -0.15) is 0 Å². The number of benzene rings is 1. The molecule has 1 amide bonds. The van der Waals surface area contributed by atoms with Gasteiger partial charge in [-0.3, -0.25) is 9.59 Å². The van der Waals surface area contributed by atoms with Crippen LogP contribution >= 0.6 is 0 Å². The Hall–Kier alpha value is -2.24. The zero-order valence-electron chi connectivity index (χ0n) is 15.0. The van der Waals surface area contributed by atoms with Gasteiger partial charge in [0.1, 0.15) is 0 Å². The van der Waals surface area contributed by atoms with Crippen molar-refractivity contribution in [1.82, 2.24) is 5.32 Å². The number of nitrogens with one attached hydrogen (secondary N) is 1. The van der Waals surface area contributed by atoms with E-state index in [2.05, 4.69) is 5.32 Å². The van der Waals surface area contributed by atoms with Crippen LogP contribution in [0.25, 0.3) is 0 Å². The van der Waals surface area contributed by atoms with E-state index in [1.165, 1.54) is 0 Å². The van der Waals surface area contributed by atoms with E-state index < -0.39 is 5.97 Å². The van der Waals surface area contributed by atoms with Crippen molar-refractivity contribution < 1.29 is 23.8 Å². The van der Waals surface area contributed by atoms with Crippen molar-refractivity contribution in [2.24, 2.45) is 0 Å². The molecule has 0 unspecified atom stereocenters. The van der Waals surface area contributed by atoms with Crippen molar-refractivity contribution in [2.75, 3.05) is 19.8 Å². The van der Waals surface area contributed by atoms with Crippen LogP contribution in [0.4, 0.5) is 0 Å². The molecule has 6 heteroatoms. The van der Waals surface area contributed by atoms with E-state index in [1.54, 1.807) is 18.2 Å². The van der Waals surface area contributed by atoms with Crippen LogP contribution in [0.1, 0.15) is 45.1 Å². The van der Waals surface area contributed by atoms with Crippen LogP contribution in [0.3, 0.4) is 0 Å². The summed E-state index contributed by atoms with van der Waals surface area (Å²) in [6.45, 7) is 4.61. The molecule has 0 atom stereocenters. The molecule has 1 fully saturated rings. The molecule has 1 aliphatic rings. The summed E-state index contributed by atoms with van der Waals surface area (Å²) in [5.41, 5.74) is 0.758. The second kappa shape index (κ2) is 9.91. The number of amides is 1. The molecule has 1 saturated carbocycles. The summed E-state index contributed by atoms with van der Waals surface area (Å²) < 4.78 is 16.1. The SMILES string of the molecule is CCOc1ccc(CC(=O)OCC(=O)NC2CCCC2)cc1OCC. The van der Waals surface area contributed by atoms with Gasteiger partial charge >= 0.3 is 5.97 Å². The van der Waals surface area contributed by atoms with E-state index >= 15 is 0 Å². The summed E-state index contributed by atoms with van der Waals surface area (Å²) in [4.78, 5) is 23.7. The highest BCUT2D eigenvalue weighted by atomic mass is 16.5. The molecular weight excluding hydrogens is 322 g/mol. The molecule has 2 rings (SSSR count). The molecule has 0 saturated heterocycles. The standard InChI is InChI=1S/C19H27NO5/c1-3-23-16-10-9-14(11-17(16)24-4-2)12-19(22)25-13-18(21)20-15-7-5-6-8-15/h9-11,15H,3-8,12-13H2,1-2H3,(H,20,21). The normalized spacial score (nSPS) is 14.2. The minimum atomic E-state index is -0.437. The Morgan fingerprint density at radius 2 is 1.76 bits per heavy atom. The lowest BCUT2D eigenvalue weighted by Gasteiger charge is -2.13. The number of carbonyl (C=O) groups excluding carboxylic acids is 2. The van der Waals surface area contributed by atoms with Gasteiger partial charge in [0.05, 0.1) is 19.6 Å². The maximum absolute atomic E-state index is 12.0. The Morgan fingerprint density at radius 1 is 1.08 bits per heavy atom. The van der Waals surface area contributed by atoms with Gasteiger partial charge in [-0.05, 0) is 44.4 Å².